The van der Waals surface area contributed by atoms with Crippen molar-refractivity contribution in [1.29, 1.82) is 0 Å². The van der Waals surface area contributed by atoms with E-state index in [2.05, 4.69) is 6.58 Å². The topological polar surface area (TPSA) is 90.7 Å². The van der Waals surface area contributed by atoms with Gasteiger partial charge in [0.2, 0.25) is 0 Å². The summed E-state index contributed by atoms with van der Waals surface area (Å²) in [5, 5.41) is 11.1. The van der Waals surface area contributed by atoms with Crippen LogP contribution in [0.15, 0.2) is 41.7 Å². The van der Waals surface area contributed by atoms with Crippen molar-refractivity contribution in [3.8, 4) is 17.1 Å². The van der Waals surface area contributed by atoms with Gasteiger partial charge in [-0.25, -0.2) is 9.78 Å². The maximum absolute atomic E-state index is 13.3. The van der Waals surface area contributed by atoms with Crippen molar-refractivity contribution in [2.45, 2.75) is 45.6 Å². The van der Waals surface area contributed by atoms with Gasteiger partial charge >= 0.3 is 5.97 Å². The zero-order chi connectivity index (χ0) is 21.9. The molecule has 0 unspecified atom stereocenters. The van der Waals surface area contributed by atoms with Gasteiger partial charge in [0.25, 0.3) is 5.56 Å². The van der Waals surface area contributed by atoms with Crippen LogP contribution in [0.2, 0.25) is 0 Å². The Morgan fingerprint density at radius 1 is 1.35 bits per heavy atom. The predicted octanol–water partition coefficient (Wildman–Crippen LogP) is 3.38. The van der Waals surface area contributed by atoms with E-state index in [0.717, 1.165) is 22.0 Å². The van der Waals surface area contributed by atoms with Gasteiger partial charge in [0.1, 0.15) is 12.4 Å². The van der Waals surface area contributed by atoms with Gasteiger partial charge in [0.15, 0.2) is 6.10 Å². The number of ether oxygens (including phenoxy) is 2. The van der Waals surface area contributed by atoms with Crippen LogP contribution in [0.25, 0.3) is 22.3 Å². The summed E-state index contributed by atoms with van der Waals surface area (Å²) in [6, 6.07) is 7.20. The van der Waals surface area contributed by atoms with Crippen LogP contribution < -0.4 is 5.56 Å². The number of phenolic OH excluding ortho intramolecular Hbond substituents is 1. The van der Waals surface area contributed by atoms with Crippen LogP contribution in [-0.2, 0) is 33.8 Å². The Bertz CT molecular complexity index is 1320. The van der Waals surface area contributed by atoms with Gasteiger partial charge in [-0.3, -0.25) is 4.79 Å². The van der Waals surface area contributed by atoms with Crippen molar-refractivity contribution in [2.75, 3.05) is 0 Å². The number of phenols is 1. The summed E-state index contributed by atoms with van der Waals surface area (Å²) in [6.45, 7) is 7.75. The van der Waals surface area contributed by atoms with Gasteiger partial charge in [0.05, 0.1) is 35.1 Å². The lowest BCUT2D eigenvalue weighted by atomic mass is 9.99. The fourth-order valence-corrected chi connectivity index (χ4v) is 4.39. The number of fused-ring (bicyclic) bond motifs is 5. The fourth-order valence-electron chi connectivity index (χ4n) is 4.39. The average Bonchev–Trinajstić information content (AvgIpc) is 3.09. The van der Waals surface area contributed by atoms with Gasteiger partial charge < -0.3 is 19.1 Å². The molecule has 158 valence electrons. The summed E-state index contributed by atoms with van der Waals surface area (Å²) >= 11 is 0. The minimum Gasteiger partial charge on any atom is -0.508 e. The predicted molar refractivity (Wildman–Crippen MR) is 115 cm³/mol. The first-order valence-corrected chi connectivity index (χ1v) is 10.2. The molecule has 0 spiro atoms. The Morgan fingerprint density at radius 3 is 2.90 bits per heavy atom. The highest BCUT2D eigenvalue weighted by atomic mass is 16.6. The average molecular weight is 418 g/mol. The number of cyclic esters (lactones) is 1. The number of carbonyl (C=O) groups excluding carboxylic acids is 1. The lowest BCUT2D eigenvalue weighted by Crippen LogP contribution is -2.34. The summed E-state index contributed by atoms with van der Waals surface area (Å²) in [7, 11) is 0. The molecule has 0 saturated heterocycles. The molecule has 0 bridgehead atoms. The molecule has 2 aromatic heterocycles. The van der Waals surface area contributed by atoms with Gasteiger partial charge in [-0.1, -0.05) is 6.08 Å². The van der Waals surface area contributed by atoms with E-state index in [9.17, 15) is 14.7 Å². The summed E-state index contributed by atoms with van der Waals surface area (Å²) < 4.78 is 12.7. The number of nitrogens with zero attached hydrogens (tertiary/aromatic N) is 2. The Balaban J connectivity index is 1.72. The second-order valence-electron chi connectivity index (χ2n) is 8.15. The van der Waals surface area contributed by atoms with Crippen LogP contribution in [0.4, 0.5) is 0 Å². The number of pyridine rings is 2. The first-order chi connectivity index (χ1) is 14.9. The molecule has 31 heavy (non-hydrogen) atoms. The minimum absolute atomic E-state index is 0.0612. The molecule has 0 aliphatic carbocycles. The molecular weight excluding hydrogens is 396 g/mol. The summed E-state index contributed by atoms with van der Waals surface area (Å²) in [5.74, 6) is -0.290. The van der Waals surface area contributed by atoms with Crippen molar-refractivity contribution >= 4 is 16.9 Å². The number of rotatable bonds is 4. The Morgan fingerprint density at radius 2 is 2.16 bits per heavy atom. The number of hydrogen-bond acceptors (Lipinski definition) is 6. The molecule has 4 heterocycles. The summed E-state index contributed by atoms with van der Waals surface area (Å²) in [5.41, 5.74) is 4.52. The Kier molecular flexibility index (Phi) is 4.44. The highest BCUT2D eigenvalue weighted by molar-refractivity contribution is 5.89. The number of aromatic nitrogens is 2. The van der Waals surface area contributed by atoms with E-state index < -0.39 is 12.1 Å². The maximum Gasteiger partial charge on any atom is 0.340 e. The third kappa shape index (κ3) is 2.96. The zero-order valence-electron chi connectivity index (χ0n) is 17.3. The lowest BCUT2D eigenvalue weighted by molar-refractivity contribution is -0.165. The van der Waals surface area contributed by atoms with Crippen molar-refractivity contribution in [1.82, 2.24) is 9.55 Å². The summed E-state index contributed by atoms with van der Waals surface area (Å²) in [6.07, 6.45) is 1.12. The molecule has 2 aliphatic rings. The van der Waals surface area contributed by atoms with Crippen LogP contribution in [0.1, 0.15) is 42.2 Å². The molecule has 5 rings (SSSR count). The van der Waals surface area contributed by atoms with Crippen molar-refractivity contribution in [3.05, 3.63) is 69.5 Å². The molecular formula is C24H22N2O5. The third-order valence-corrected chi connectivity index (χ3v) is 5.78. The van der Waals surface area contributed by atoms with E-state index in [1.165, 1.54) is 0 Å². The van der Waals surface area contributed by atoms with Gasteiger partial charge in [-0.05, 0) is 44.5 Å². The number of allylic oxidation sites excluding steroid dienone is 1. The molecule has 7 heteroatoms. The molecule has 1 N–H and O–H groups in total. The fraction of sp³-hybridized carbons (Fsp3) is 0.292. The van der Waals surface area contributed by atoms with Crippen LogP contribution >= 0.6 is 0 Å². The van der Waals surface area contributed by atoms with E-state index in [1.54, 1.807) is 22.8 Å². The standard InChI is InChI=1S/C24H22N2O5/c1-4-5-14-15-8-13-10-26-19(21(13)25-18(15)6-7-20(14)27)9-16-17(23(26)28)11-30-24(29)22(16)31-12(2)3/h4,6-9,12,22,27H,1,5,10-11H2,2-3H3/t22-/m0/s1. The van der Waals surface area contributed by atoms with Crippen LogP contribution in [-0.4, -0.2) is 26.7 Å². The molecule has 2 aliphatic heterocycles. The first-order valence-electron chi connectivity index (χ1n) is 10.2. The van der Waals surface area contributed by atoms with E-state index in [4.69, 9.17) is 14.5 Å². The highest BCUT2D eigenvalue weighted by Gasteiger charge is 2.36. The third-order valence-electron chi connectivity index (χ3n) is 5.78. The lowest BCUT2D eigenvalue weighted by Gasteiger charge is -2.26. The number of hydrogen-bond donors (Lipinski definition) is 1. The second-order valence-corrected chi connectivity index (χ2v) is 8.15. The number of aromatic hydroxyl groups is 1. The van der Waals surface area contributed by atoms with Crippen molar-refractivity contribution in [3.63, 3.8) is 0 Å². The zero-order valence-corrected chi connectivity index (χ0v) is 17.3. The molecule has 0 amide bonds. The quantitative estimate of drug-likeness (QED) is 0.404. The van der Waals surface area contributed by atoms with Crippen LogP contribution in [0, 0.1) is 0 Å². The molecule has 3 aromatic rings. The second kappa shape index (κ2) is 7.06. The largest absolute Gasteiger partial charge is 0.508 e. The van der Waals surface area contributed by atoms with E-state index in [0.29, 0.717) is 35.5 Å². The molecule has 1 aromatic carbocycles. The van der Waals surface area contributed by atoms with Gasteiger partial charge in [-0.15, -0.1) is 6.58 Å². The minimum atomic E-state index is -0.928. The number of carbonyl (C=O) groups is 1. The molecule has 0 fully saturated rings. The van der Waals surface area contributed by atoms with Crippen LogP contribution in [0.3, 0.4) is 0 Å². The number of esters is 1. The highest BCUT2D eigenvalue weighted by Crippen LogP contribution is 2.38. The first kappa shape index (κ1) is 19.5. The van der Waals surface area contributed by atoms with Crippen LogP contribution in [0.5, 0.6) is 5.75 Å². The smallest absolute Gasteiger partial charge is 0.340 e. The van der Waals surface area contributed by atoms with Crippen molar-refractivity contribution in [2.24, 2.45) is 0 Å². The SMILES string of the molecule is C=CCc1c(O)ccc2nc3c(cc12)Cn1c-3cc2c(c1=O)COC(=O)[C@H]2OC(C)C. The van der Waals surface area contributed by atoms with Gasteiger partial charge in [0, 0.05) is 22.1 Å². The van der Waals surface area contributed by atoms with E-state index in [-0.39, 0.29) is 24.0 Å². The summed E-state index contributed by atoms with van der Waals surface area (Å²) in [4.78, 5) is 30.4. The molecule has 0 radical (unpaired) electrons. The van der Waals surface area contributed by atoms with Gasteiger partial charge in [-0.2, -0.15) is 0 Å². The van der Waals surface area contributed by atoms with E-state index >= 15 is 0 Å². The normalized spacial score (nSPS) is 16.7. The number of benzene rings is 1. The Labute approximate surface area is 178 Å². The molecule has 0 saturated carbocycles. The Hall–Kier alpha value is -3.45. The van der Waals surface area contributed by atoms with E-state index in [1.807, 2.05) is 26.0 Å². The molecule has 7 nitrogen and oxygen atoms in total. The monoisotopic (exact) mass is 418 g/mol. The van der Waals surface area contributed by atoms with Crippen molar-refractivity contribution < 1.29 is 19.4 Å². The molecule has 1 atom stereocenters. The maximum atomic E-state index is 13.3.